The van der Waals surface area contributed by atoms with Crippen molar-refractivity contribution in [2.75, 3.05) is 33.3 Å². The first kappa shape index (κ1) is 18.6. The van der Waals surface area contributed by atoms with E-state index in [0.29, 0.717) is 37.5 Å². The number of carbonyl (C=O) groups excluding carboxylic acids is 2. The Morgan fingerprint density at radius 3 is 2.21 bits per heavy atom. The molecule has 0 aliphatic carbocycles. The lowest BCUT2D eigenvalue weighted by molar-refractivity contribution is 0.0141. The lowest BCUT2D eigenvalue weighted by Gasteiger charge is -2.35. The Balaban J connectivity index is 1.97. The standard InChI is InChI=1S/C17H23BrN2O4/c1-17(2,3)24-16(22)20-9-7-19(8-10-20)15(21)12-5-6-13(18)14(11-12)23-4/h5-6,11H,7-10H2,1-4H3. The second kappa shape index (κ2) is 7.42. The summed E-state index contributed by atoms with van der Waals surface area (Å²) < 4.78 is 11.4. The van der Waals surface area contributed by atoms with E-state index < -0.39 is 5.60 Å². The van der Waals surface area contributed by atoms with Gasteiger partial charge in [0.2, 0.25) is 0 Å². The monoisotopic (exact) mass is 398 g/mol. The van der Waals surface area contributed by atoms with Gasteiger partial charge in [0.25, 0.3) is 5.91 Å². The molecular weight excluding hydrogens is 376 g/mol. The number of rotatable bonds is 2. The molecule has 1 aromatic rings. The fraction of sp³-hybridized carbons (Fsp3) is 0.529. The summed E-state index contributed by atoms with van der Waals surface area (Å²) in [6.07, 6.45) is -0.333. The van der Waals surface area contributed by atoms with E-state index in [0.717, 1.165) is 4.47 Å². The maximum Gasteiger partial charge on any atom is 0.410 e. The molecule has 2 rings (SSSR count). The van der Waals surface area contributed by atoms with Crippen LogP contribution in [0.5, 0.6) is 5.75 Å². The van der Waals surface area contributed by atoms with Gasteiger partial charge in [-0.05, 0) is 54.9 Å². The van der Waals surface area contributed by atoms with Crippen molar-refractivity contribution in [3.8, 4) is 5.75 Å². The first-order valence-electron chi connectivity index (χ1n) is 7.82. The predicted molar refractivity (Wildman–Crippen MR) is 94.4 cm³/mol. The largest absolute Gasteiger partial charge is 0.496 e. The molecule has 1 aliphatic rings. The van der Waals surface area contributed by atoms with Gasteiger partial charge < -0.3 is 19.3 Å². The lowest BCUT2D eigenvalue weighted by Crippen LogP contribution is -2.51. The van der Waals surface area contributed by atoms with Crippen LogP contribution < -0.4 is 4.74 Å². The summed E-state index contributed by atoms with van der Waals surface area (Å²) in [4.78, 5) is 28.0. The maximum atomic E-state index is 12.6. The highest BCUT2D eigenvalue weighted by atomic mass is 79.9. The Bertz CT molecular complexity index is 620. The van der Waals surface area contributed by atoms with Crippen molar-refractivity contribution in [3.05, 3.63) is 28.2 Å². The summed E-state index contributed by atoms with van der Waals surface area (Å²) in [7, 11) is 1.56. The second-order valence-electron chi connectivity index (χ2n) is 6.61. The second-order valence-corrected chi connectivity index (χ2v) is 7.46. The fourth-order valence-corrected chi connectivity index (χ4v) is 2.80. The summed E-state index contributed by atoms with van der Waals surface area (Å²) in [5.41, 5.74) is 0.0543. The van der Waals surface area contributed by atoms with Gasteiger partial charge in [0.15, 0.2) is 0 Å². The Kier molecular flexibility index (Phi) is 5.74. The summed E-state index contributed by atoms with van der Waals surface area (Å²) in [5, 5.41) is 0. The van der Waals surface area contributed by atoms with Crippen molar-refractivity contribution in [1.29, 1.82) is 0 Å². The minimum absolute atomic E-state index is 0.0651. The third-order valence-corrected chi connectivity index (χ3v) is 4.27. The molecule has 1 aliphatic heterocycles. The highest BCUT2D eigenvalue weighted by Crippen LogP contribution is 2.26. The number of hydrogen-bond acceptors (Lipinski definition) is 4. The molecule has 0 unspecified atom stereocenters. The molecule has 1 heterocycles. The molecule has 132 valence electrons. The molecule has 2 amide bonds. The number of nitrogens with zero attached hydrogens (tertiary/aromatic N) is 2. The molecule has 24 heavy (non-hydrogen) atoms. The van der Waals surface area contributed by atoms with E-state index in [4.69, 9.17) is 9.47 Å². The van der Waals surface area contributed by atoms with Crippen LogP contribution in [-0.2, 0) is 4.74 Å². The van der Waals surface area contributed by atoms with Crippen LogP contribution in [0.1, 0.15) is 31.1 Å². The molecule has 1 saturated heterocycles. The first-order chi connectivity index (χ1) is 11.2. The van der Waals surface area contributed by atoms with E-state index >= 15 is 0 Å². The molecule has 6 nitrogen and oxygen atoms in total. The summed E-state index contributed by atoms with van der Waals surface area (Å²) in [5.74, 6) is 0.554. The van der Waals surface area contributed by atoms with E-state index in [2.05, 4.69) is 15.9 Å². The number of piperazine rings is 1. The van der Waals surface area contributed by atoms with Gasteiger partial charge in [-0.15, -0.1) is 0 Å². The number of benzene rings is 1. The van der Waals surface area contributed by atoms with Gasteiger partial charge in [-0.25, -0.2) is 4.79 Å². The average molecular weight is 399 g/mol. The predicted octanol–water partition coefficient (Wildman–Crippen LogP) is 3.15. The van der Waals surface area contributed by atoms with Crippen LogP contribution >= 0.6 is 15.9 Å². The van der Waals surface area contributed by atoms with E-state index in [-0.39, 0.29) is 12.0 Å². The zero-order valence-corrected chi connectivity index (χ0v) is 16.1. The van der Waals surface area contributed by atoms with E-state index in [1.54, 1.807) is 35.1 Å². The third-order valence-electron chi connectivity index (χ3n) is 3.62. The van der Waals surface area contributed by atoms with Gasteiger partial charge in [0.05, 0.1) is 11.6 Å². The normalized spacial score (nSPS) is 15.2. The molecule has 7 heteroatoms. The minimum Gasteiger partial charge on any atom is -0.496 e. The summed E-state index contributed by atoms with van der Waals surface area (Å²) in [6.45, 7) is 7.42. The van der Waals surface area contributed by atoms with Crippen LogP contribution in [0.2, 0.25) is 0 Å². The highest BCUT2D eigenvalue weighted by Gasteiger charge is 2.28. The van der Waals surface area contributed by atoms with Gasteiger partial charge in [-0.3, -0.25) is 4.79 Å². The van der Waals surface area contributed by atoms with E-state index in [1.807, 2.05) is 20.8 Å². The lowest BCUT2D eigenvalue weighted by atomic mass is 10.1. The fourth-order valence-electron chi connectivity index (χ4n) is 2.39. The first-order valence-corrected chi connectivity index (χ1v) is 8.61. The van der Waals surface area contributed by atoms with Crippen LogP contribution in [0.4, 0.5) is 4.79 Å². The molecule has 0 atom stereocenters. The quantitative estimate of drug-likeness (QED) is 0.767. The molecule has 0 N–H and O–H groups in total. The van der Waals surface area contributed by atoms with Gasteiger partial charge in [-0.2, -0.15) is 0 Å². The Morgan fingerprint density at radius 1 is 1.08 bits per heavy atom. The maximum absolute atomic E-state index is 12.6. The van der Waals surface area contributed by atoms with Crippen LogP contribution in [0.3, 0.4) is 0 Å². The highest BCUT2D eigenvalue weighted by molar-refractivity contribution is 9.10. The van der Waals surface area contributed by atoms with Crippen molar-refractivity contribution < 1.29 is 19.1 Å². The minimum atomic E-state index is -0.516. The zero-order chi connectivity index (χ0) is 17.9. The number of ether oxygens (including phenoxy) is 2. The molecule has 0 bridgehead atoms. The Labute approximate surface area is 150 Å². The Morgan fingerprint density at radius 2 is 1.67 bits per heavy atom. The Hall–Kier alpha value is -1.76. The van der Waals surface area contributed by atoms with Crippen LogP contribution in [0.15, 0.2) is 22.7 Å². The van der Waals surface area contributed by atoms with Gasteiger partial charge in [0, 0.05) is 31.7 Å². The van der Waals surface area contributed by atoms with Crippen molar-refractivity contribution in [2.24, 2.45) is 0 Å². The molecular formula is C17H23BrN2O4. The molecule has 1 aromatic carbocycles. The average Bonchev–Trinajstić information content (AvgIpc) is 2.53. The van der Waals surface area contributed by atoms with Gasteiger partial charge in [-0.1, -0.05) is 0 Å². The number of halogens is 1. The van der Waals surface area contributed by atoms with Crippen LogP contribution in [0, 0.1) is 0 Å². The number of carbonyl (C=O) groups is 2. The zero-order valence-electron chi connectivity index (χ0n) is 14.5. The SMILES string of the molecule is COc1cc(C(=O)N2CCN(C(=O)OC(C)(C)C)CC2)ccc1Br. The van der Waals surface area contributed by atoms with Crippen LogP contribution in [-0.4, -0.2) is 60.7 Å². The van der Waals surface area contributed by atoms with Crippen LogP contribution in [0.25, 0.3) is 0 Å². The summed E-state index contributed by atoms with van der Waals surface area (Å²) in [6, 6.07) is 5.27. The summed E-state index contributed by atoms with van der Waals surface area (Å²) >= 11 is 3.38. The molecule has 0 aromatic heterocycles. The number of hydrogen-bond donors (Lipinski definition) is 0. The van der Waals surface area contributed by atoms with E-state index in [9.17, 15) is 9.59 Å². The van der Waals surface area contributed by atoms with Crippen molar-refractivity contribution >= 4 is 27.9 Å². The molecule has 0 radical (unpaired) electrons. The van der Waals surface area contributed by atoms with Crippen molar-refractivity contribution in [3.63, 3.8) is 0 Å². The smallest absolute Gasteiger partial charge is 0.410 e. The topological polar surface area (TPSA) is 59.1 Å². The van der Waals surface area contributed by atoms with Crippen molar-refractivity contribution in [2.45, 2.75) is 26.4 Å². The molecule has 1 fully saturated rings. The van der Waals surface area contributed by atoms with Gasteiger partial charge >= 0.3 is 6.09 Å². The van der Waals surface area contributed by atoms with E-state index in [1.165, 1.54) is 0 Å². The molecule has 0 saturated carbocycles. The third kappa shape index (κ3) is 4.63. The van der Waals surface area contributed by atoms with Crippen molar-refractivity contribution in [1.82, 2.24) is 9.80 Å². The number of amides is 2. The number of methoxy groups -OCH3 is 1. The van der Waals surface area contributed by atoms with Gasteiger partial charge in [0.1, 0.15) is 11.4 Å². The molecule has 0 spiro atoms.